The van der Waals surface area contributed by atoms with Gasteiger partial charge in [-0.15, -0.1) is 0 Å². The summed E-state index contributed by atoms with van der Waals surface area (Å²) in [5, 5.41) is 5.55. The van der Waals surface area contributed by atoms with Gasteiger partial charge in [-0.3, -0.25) is 9.59 Å². The highest BCUT2D eigenvalue weighted by Crippen LogP contribution is 2.19. The Morgan fingerprint density at radius 2 is 1.80 bits per heavy atom. The maximum absolute atomic E-state index is 12.6. The first-order chi connectivity index (χ1) is 12.0. The van der Waals surface area contributed by atoms with Crippen molar-refractivity contribution in [3.05, 3.63) is 59.7 Å². The molecular weight excluding hydrogens is 316 g/mol. The van der Waals surface area contributed by atoms with E-state index in [0.717, 1.165) is 6.42 Å². The quantitative estimate of drug-likeness (QED) is 0.804. The molecular formula is C20H24N2O3. The Morgan fingerprint density at radius 1 is 1.04 bits per heavy atom. The number of benzene rings is 2. The molecule has 25 heavy (non-hydrogen) atoms. The van der Waals surface area contributed by atoms with Crippen LogP contribution in [0.2, 0.25) is 0 Å². The fraction of sp³-hybridized carbons (Fsp3) is 0.300. The predicted molar refractivity (Wildman–Crippen MR) is 99.2 cm³/mol. The molecule has 0 aliphatic carbocycles. The lowest BCUT2D eigenvalue weighted by atomic mass is 10.1. The lowest BCUT2D eigenvalue weighted by Gasteiger charge is -2.14. The van der Waals surface area contributed by atoms with Gasteiger partial charge in [0, 0.05) is 12.1 Å². The zero-order valence-corrected chi connectivity index (χ0v) is 14.8. The van der Waals surface area contributed by atoms with Gasteiger partial charge >= 0.3 is 0 Å². The zero-order chi connectivity index (χ0) is 18.2. The third-order valence-corrected chi connectivity index (χ3v) is 3.77. The normalized spacial score (nSPS) is 11.5. The van der Waals surface area contributed by atoms with Crippen LogP contribution in [0.5, 0.6) is 5.75 Å². The first-order valence-corrected chi connectivity index (χ1v) is 8.50. The molecule has 2 aromatic rings. The molecule has 2 N–H and O–H groups in total. The molecule has 0 aliphatic rings. The number of ether oxygens (including phenoxy) is 1. The van der Waals surface area contributed by atoms with Crippen LogP contribution in [0, 0.1) is 0 Å². The Morgan fingerprint density at radius 3 is 2.52 bits per heavy atom. The molecule has 0 saturated carbocycles. The van der Waals surface area contributed by atoms with Crippen LogP contribution in [0.3, 0.4) is 0 Å². The van der Waals surface area contributed by atoms with E-state index in [2.05, 4.69) is 10.6 Å². The molecule has 0 saturated heterocycles. The van der Waals surface area contributed by atoms with Crippen molar-refractivity contribution in [2.75, 3.05) is 11.9 Å². The van der Waals surface area contributed by atoms with Crippen molar-refractivity contribution in [3.8, 4) is 5.75 Å². The highest BCUT2D eigenvalue weighted by atomic mass is 16.5. The van der Waals surface area contributed by atoms with Crippen LogP contribution in [0.25, 0.3) is 0 Å². The Balaban J connectivity index is 2.18. The molecule has 0 bridgehead atoms. The van der Waals surface area contributed by atoms with Gasteiger partial charge in [0.25, 0.3) is 11.8 Å². The van der Waals surface area contributed by atoms with E-state index in [1.807, 2.05) is 26.8 Å². The minimum Gasteiger partial charge on any atom is -0.491 e. The van der Waals surface area contributed by atoms with Gasteiger partial charge < -0.3 is 15.4 Å². The largest absolute Gasteiger partial charge is 0.491 e. The Bertz CT molecular complexity index is 743. The summed E-state index contributed by atoms with van der Waals surface area (Å²) in [5.41, 5.74) is 1.39. The molecule has 2 rings (SSSR count). The van der Waals surface area contributed by atoms with Crippen molar-refractivity contribution in [2.24, 2.45) is 0 Å². The summed E-state index contributed by atoms with van der Waals surface area (Å²) in [4.78, 5) is 24.7. The summed E-state index contributed by atoms with van der Waals surface area (Å²) in [6.07, 6.45) is 0.966. The number of hydrogen-bond donors (Lipinski definition) is 2. The number of para-hydroxylation sites is 1. The molecule has 1 unspecified atom stereocenters. The molecule has 5 heteroatoms. The first-order valence-electron chi connectivity index (χ1n) is 8.50. The molecule has 1 atom stereocenters. The summed E-state index contributed by atoms with van der Waals surface area (Å²) in [5.74, 6) is 0.151. The van der Waals surface area contributed by atoms with Gasteiger partial charge in [0.2, 0.25) is 0 Å². The summed E-state index contributed by atoms with van der Waals surface area (Å²) < 4.78 is 5.75. The van der Waals surface area contributed by atoms with Crippen LogP contribution in [0.4, 0.5) is 5.69 Å². The van der Waals surface area contributed by atoms with Crippen molar-refractivity contribution >= 4 is 17.5 Å². The summed E-state index contributed by atoms with van der Waals surface area (Å²) >= 11 is 0. The van der Waals surface area contributed by atoms with E-state index in [4.69, 9.17) is 4.74 Å². The minimum atomic E-state index is -0.286. The number of carbonyl (C=O) groups is 2. The van der Waals surface area contributed by atoms with Crippen molar-refractivity contribution in [1.29, 1.82) is 0 Å². The second-order valence-electron chi connectivity index (χ2n) is 5.72. The Kier molecular flexibility index (Phi) is 6.57. The highest BCUT2D eigenvalue weighted by molar-refractivity contribution is 6.09. The maximum Gasteiger partial charge on any atom is 0.255 e. The molecule has 0 heterocycles. The van der Waals surface area contributed by atoms with Crippen molar-refractivity contribution < 1.29 is 14.3 Å². The van der Waals surface area contributed by atoms with Crippen LogP contribution < -0.4 is 15.4 Å². The van der Waals surface area contributed by atoms with Gasteiger partial charge in [0.05, 0.1) is 17.4 Å². The second kappa shape index (κ2) is 8.87. The van der Waals surface area contributed by atoms with Crippen LogP contribution >= 0.6 is 0 Å². The molecule has 0 aliphatic heterocycles. The third-order valence-electron chi connectivity index (χ3n) is 3.77. The van der Waals surface area contributed by atoms with Gasteiger partial charge in [-0.1, -0.05) is 25.1 Å². The van der Waals surface area contributed by atoms with Gasteiger partial charge in [-0.25, -0.2) is 0 Å². The fourth-order valence-electron chi connectivity index (χ4n) is 2.27. The lowest BCUT2D eigenvalue weighted by molar-refractivity contribution is 0.0956. The van der Waals surface area contributed by atoms with Crippen molar-refractivity contribution in [3.63, 3.8) is 0 Å². The topological polar surface area (TPSA) is 67.4 Å². The van der Waals surface area contributed by atoms with Crippen LogP contribution in [-0.4, -0.2) is 24.5 Å². The number of carbonyl (C=O) groups excluding carboxylic acids is 2. The highest BCUT2D eigenvalue weighted by Gasteiger charge is 2.14. The van der Waals surface area contributed by atoms with Gasteiger partial charge in [0.15, 0.2) is 0 Å². The van der Waals surface area contributed by atoms with E-state index in [9.17, 15) is 9.59 Å². The monoisotopic (exact) mass is 340 g/mol. The fourth-order valence-corrected chi connectivity index (χ4v) is 2.27. The summed E-state index contributed by atoms with van der Waals surface area (Å²) in [6.45, 7) is 6.40. The molecule has 5 nitrogen and oxygen atoms in total. The van der Waals surface area contributed by atoms with Gasteiger partial charge in [-0.2, -0.15) is 0 Å². The smallest absolute Gasteiger partial charge is 0.255 e. The zero-order valence-electron chi connectivity index (χ0n) is 14.8. The van der Waals surface area contributed by atoms with Crippen LogP contribution in [0.1, 0.15) is 47.9 Å². The van der Waals surface area contributed by atoms with E-state index >= 15 is 0 Å². The molecule has 2 amide bonds. The summed E-state index contributed by atoms with van der Waals surface area (Å²) in [6, 6.07) is 14.0. The molecule has 0 fully saturated rings. The molecule has 0 aromatic heterocycles. The molecule has 2 aromatic carbocycles. The van der Waals surface area contributed by atoms with Gasteiger partial charge in [0.1, 0.15) is 5.75 Å². The van der Waals surface area contributed by atoms with Crippen molar-refractivity contribution in [2.45, 2.75) is 33.3 Å². The average Bonchev–Trinajstić information content (AvgIpc) is 2.62. The van der Waals surface area contributed by atoms with E-state index < -0.39 is 0 Å². The van der Waals surface area contributed by atoms with Crippen LogP contribution in [0.15, 0.2) is 48.5 Å². The lowest BCUT2D eigenvalue weighted by Crippen LogP contribution is -2.24. The SMILES string of the molecule is CCNC(=O)c1ccccc1NC(=O)c1cccc(OC(C)CC)c1. The van der Waals surface area contributed by atoms with E-state index in [1.54, 1.807) is 42.5 Å². The predicted octanol–water partition coefficient (Wildman–Crippen LogP) is 3.87. The number of rotatable bonds is 7. The third kappa shape index (κ3) is 5.08. The van der Waals surface area contributed by atoms with E-state index in [0.29, 0.717) is 29.1 Å². The average molecular weight is 340 g/mol. The minimum absolute atomic E-state index is 0.0803. The number of anilines is 1. The maximum atomic E-state index is 12.6. The number of nitrogens with one attached hydrogen (secondary N) is 2. The Hall–Kier alpha value is -2.82. The molecule has 132 valence electrons. The van der Waals surface area contributed by atoms with E-state index in [1.165, 1.54) is 0 Å². The first kappa shape index (κ1) is 18.5. The Labute approximate surface area is 148 Å². The van der Waals surface area contributed by atoms with Crippen molar-refractivity contribution in [1.82, 2.24) is 5.32 Å². The standard InChI is InChI=1S/C20H24N2O3/c1-4-14(3)25-16-10-8-9-15(13-16)19(23)22-18-12-7-6-11-17(18)20(24)21-5-2/h6-14H,4-5H2,1-3H3,(H,21,24)(H,22,23). The van der Waals surface area contributed by atoms with E-state index in [-0.39, 0.29) is 17.9 Å². The molecule has 0 spiro atoms. The summed E-state index contributed by atoms with van der Waals surface area (Å²) in [7, 11) is 0. The van der Waals surface area contributed by atoms with Gasteiger partial charge in [-0.05, 0) is 50.6 Å². The number of hydrogen-bond acceptors (Lipinski definition) is 3. The number of amides is 2. The van der Waals surface area contributed by atoms with Crippen LogP contribution in [-0.2, 0) is 0 Å². The second-order valence-corrected chi connectivity index (χ2v) is 5.72. The molecule has 0 radical (unpaired) electrons.